The minimum Gasteiger partial charge on any atom is -0.385 e. The number of nitrogens with one attached hydrogen (secondary N) is 2. The lowest BCUT2D eigenvalue weighted by atomic mass is 9.83. The number of hydrogen-bond acceptors (Lipinski definition) is 4. The summed E-state index contributed by atoms with van der Waals surface area (Å²) in [4.78, 5) is 13.5. The molecule has 2 heterocycles. The van der Waals surface area contributed by atoms with Crippen LogP contribution in [-0.2, 0) is 11.8 Å². The van der Waals surface area contributed by atoms with Crippen LogP contribution in [0, 0.1) is 18.8 Å². The molecule has 4 atom stereocenters. The molecule has 2 aromatic heterocycles. The molecule has 2 aromatic carbocycles. The summed E-state index contributed by atoms with van der Waals surface area (Å²) >= 11 is 0. The first-order chi connectivity index (χ1) is 19.4. The molecule has 2 amide bonds. The van der Waals surface area contributed by atoms with Crippen LogP contribution in [0.25, 0.3) is 16.9 Å². The van der Waals surface area contributed by atoms with Crippen LogP contribution in [0.5, 0.6) is 0 Å². The highest BCUT2D eigenvalue weighted by molar-refractivity contribution is 5.91. The Morgan fingerprint density at radius 3 is 2.45 bits per heavy atom. The minimum absolute atomic E-state index is 0.288. The van der Waals surface area contributed by atoms with Crippen LogP contribution in [-0.4, -0.2) is 51.8 Å². The smallest absolute Gasteiger partial charge is 0.320 e. The first kappa shape index (κ1) is 27.5. The number of carbonyl (C=O) groups excluding carboxylic acids is 1. The van der Waals surface area contributed by atoms with E-state index in [1.54, 1.807) is 22.7 Å². The van der Waals surface area contributed by atoms with Gasteiger partial charge in [-0.3, -0.25) is 10.00 Å². The third-order valence-electron chi connectivity index (χ3n) is 7.77. The number of methoxy groups -OCH3 is 1. The Morgan fingerprint density at radius 1 is 1.12 bits per heavy atom. The SMILES string of the molecule is COCC[C@@H]1C[C@@H](NC(=O)Nc2c(C)c(-c3cnn(C)c3)nn2-c2ccccc2)[C@H](c2ccccc2)C1C(F)F. The molecule has 2 N–H and O–H groups in total. The zero-order valence-electron chi connectivity index (χ0n) is 22.8. The topological polar surface area (TPSA) is 86.0 Å². The van der Waals surface area contributed by atoms with Gasteiger partial charge in [-0.1, -0.05) is 48.5 Å². The molecule has 4 aromatic rings. The van der Waals surface area contributed by atoms with Gasteiger partial charge in [0.15, 0.2) is 0 Å². The first-order valence-electron chi connectivity index (χ1n) is 13.4. The van der Waals surface area contributed by atoms with Crippen molar-refractivity contribution in [2.24, 2.45) is 18.9 Å². The van der Waals surface area contributed by atoms with Crippen molar-refractivity contribution in [2.75, 3.05) is 19.0 Å². The number of benzene rings is 2. The van der Waals surface area contributed by atoms with Crippen LogP contribution in [0.4, 0.5) is 19.4 Å². The molecule has 1 aliphatic carbocycles. The number of para-hydroxylation sites is 1. The van der Waals surface area contributed by atoms with Crippen LogP contribution >= 0.6 is 0 Å². The summed E-state index contributed by atoms with van der Waals surface area (Å²) in [5.41, 5.74) is 3.84. The summed E-state index contributed by atoms with van der Waals surface area (Å²) in [6.07, 6.45) is 2.00. The number of alkyl halides is 2. The molecule has 5 rings (SSSR count). The van der Waals surface area contributed by atoms with Crippen molar-refractivity contribution < 1.29 is 18.3 Å². The lowest BCUT2D eigenvalue weighted by Gasteiger charge is -2.27. The fourth-order valence-corrected chi connectivity index (χ4v) is 5.94. The van der Waals surface area contributed by atoms with Gasteiger partial charge in [-0.2, -0.15) is 10.2 Å². The number of carbonyl (C=O) groups is 1. The van der Waals surface area contributed by atoms with Crippen molar-refractivity contribution in [3.05, 3.63) is 84.2 Å². The standard InChI is InChI=1S/C30H34F2N6O2/c1-19-27(22-17-33-37(2)18-22)36-38(23-12-8-5-9-13-23)29(19)35-30(39)34-24-16-21(14-15-40-3)26(28(31)32)25(24)20-10-6-4-7-11-20/h4-13,17-18,21,24-26,28H,14-16H2,1-3H3,(H2,34,35,39)/t21-,24-,25+,26?/m1/s1. The van der Waals surface area contributed by atoms with E-state index in [9.17, 15) is 13.6 Å². The second-order valence-corrected chi connectivity index (χ2v) is 10.3. The maximum atomic E-state index is 14.5. The Kier molecular flexibility index (Phi) is 8.25. The number of aryl methyl sites for hydroxylation is 1. The van der Waals surface area contributed by atoms with E-state index in [-0.39, 0.29) is 5.92 Å². The number of amides is 2. The predicted octanol–water partition coefficient (Wildman–Crippen LogP) is 5.79. The maximum absolute atomic E-state index is 14.5. The summed E-state index contributed by atoms with van der Waals surface area (Å²) in [6.45, 7) is 2.28. The molecular weight excluding hydrogens is 514 g/mol. The molecule has 0 saturated heterocycles. The Balaban J connectivity index is 1.45. The van der Waals surface area contributed by atoms with Crippen LogP contribution in [0.3, 0.4) is 0 Å². The van der Waals surface area contributed by atoms with Crippen molar-refractivity contribution >= 4 is 11.8 Å². The highest BCUT2D eigenvalue weighted by atomic mass is 19.3. The third-order valence-corrected chi connectivity index (χ3v) is 7.77. The van der Waals surface area contributed by atoms with Crippen LogP contribution in [0.1, 0.15) is 29.9 Å². The molecule has 1 fully saturated rings. The van der Waals surface area contributed by atoms with Crippen LogP contribution in [0.15, 0.2) is 73.1 Å². The van der Waals surface area contributed by atoms with E-state index in [0.717, 1.165) is 22.4 Å². The van der Waals surface area contributed by atoms with Crippen LogP contribution < -0.4 is 10.6 Å². The van der Waals surface area contributed by atoms with Gasteiger partial charge in [0.05, 0.1) is 11.9 Å². The van der Waals surface area contributed by atoms with Crippen molar-refractivity contribution in [2.45, 2.75) is 38.2 Å². The van der Waals surface area contributed by atoms with Gasteiger partial charge in [0.25, 0.3) is 0 Å². The van der Waals surface area contributed by atoms with Gasteiger partial charge >= 0.3 is 6.03 Å². The molecule has 40 heavy (non-hydrogen) atoms. The Labute approximate surface area is 232 Å². The van der Waals surface area contributed by atoms with Gasteiger partial charge in [-0.15, -0.1) is 0 Å². The largest absolute Gasteiger partial charge is 0.385 e. The Bertz CT molecular complexity index is 1420. The molecule has 1 saturated carbocycles. The maximum Gasteiger partial charge on any atom is 0.320 e. The monoisotopic (exact) mass is 548 g/mol. The van der Waals surface area contributed by atoms with Gasteiger partial charge in [-0.05, 0) is 43.4 Å². The van der Waals surface area contributed by atoms with Crippen molar-refractivity contribution in [3.8, 4) is 16.9 Å². The second-order valence-electron chi connectivity index (χ2n) is 10.3. The van der Waals surface area contributed by atoms with Gasteiger partial charge in [-0.25, -0.2) is 18.3 Å². The molecule has 0 radical (unpaired) electrons. The lowest BCUT2D eigenvalue weighted by Crippen LogP contribution is -2.41. The molecule has 8 nitrogen and oxygen atoms in total. The van der Waals surface area contributed by atoms with Crippen molar-refractivity contribution in [1.82, 2.24) is 24.9 Å². The van der Waals surface area contributed by atoms with E-state index in [1.807, 2.05) is 80.8 Å². The van der Waals surface area contributed by atoms with E-state index in [4.69, 9.17) is 9.84 Å². The number of hydrogen-bond donors (Lipinski definition) is 2. The number of halogens is 2. The van der Waals surface area contributed by atoms with Gasteiger partial charge in [0.1, 0.15) is 11.5 Å². The number of anilines is 1. The number of nitrogens with zero attached hydrogens (tertiary/aromatic N) is 4. The fourth-order valence-electron chi connectivity index (χ4n) is 5.94. The zero-order chi connectivity index (χ0) is 28.2. The number of urea groups is 1. The predicted molar refractivity (Wildman–Crippen MR) is 150 cm³/mol. The molecular formula is C30H34F2N6O2. The molecule has 0 bridgehead atoms. The summed E-state index contributed by atoms with van der Waals surface area (Å²) in [6, 6.07) is 17.8. The Morgan fingerprint density at radius 2 is 1.82 bits per heavy atom. The lowest BCUT2D eigenvalue weighted by molar-refractivity contribution is 0.0373. The minimum atomic E-state index is -2.52. The first-order valence-corrected chi connectivity index (χ1v) is 13.4. The molecule has 0 spiro atoms. The molecule has 210 valence electrons. The quantitative estimate of drug-likeness (QED) is 0.277. The average molecular weight is 549 g/mol. The molecule has 1 aliphatic rings. The molecule has 0 aliphatic heterocycles. The third kappa shape index (κ3) is 5.62. The van der Waals surface area contributed by atoms with Gasteiger partial charge < -0.3 is 10.1 Å². The van der Waals surface area contributed by atoms with Gasteiger partial charge in [0.2, 0.25) is 6.43 Å². The summed E-state index contributed by atoms with van der Waals surface area (Å²) in [7, 11) is 3.40. The highest BCUT2D eigenvalue weighted by Gasteiger charge is 2.48. The van der Waals surface area contributed by atoms with E-state index >= 15 is 0 Å². The Hall–Kier alpha value is -4.05. The second kappa shape index (κ2) is 12.0. The van der Waals surface area contributed by atoms with Crippen molar-refractivity contribution in [3.63, 3.8) is 0 Å². The molecule has 1 unspecified atom stereocenters. The summed E-state index contributed by atoms with van der Waals surface area (Å²) in [5, 5.41) is 15.1. The summed E-state index contributed by atoms with van der Waals surface area (Å²) < 4.78 is 37.6. The van der Waals surface area contributed by atoms with Gasteiger partial charge in [0, 0.05) is 56.0 Å². The number of ether oxygens (including phenoxy) is 1. The average Bonchev–Trinajstić information content (AvgIpc) is 3.64. The fraction of sp³-hybridized carbons (Fsp3) is 0.367. The van der Waals surface area contributed by atoms with E-state index < -0.39 is 30.3 Å². The van der Waals surface area contributed by atoms with Crippen LogP contribution in [0.2, 0.25) is 0 Å². The van der Waals surface area contributed by atoms with E-state index in [2.05, 4.69) is 15.7 Å². The van der Waals surface area contributed by atoms with E-state index in [0.29, 0.717) is 31.0 Å². The zero-order valence-corrected chi connectivity index (χ0v) is 22.8. The summed E-state index contributed by atoms with van der Waals surface area (Å²) in [5.74, 6) is -1.21. The van der Waals surface area contributed by atoms with E-state index in [1.165, 1.54) is 0 Å². The van der Waals surface area contributed by atoms with Crippen molar-refractivity contribution in [1.29, 1.82) is 0 Å². The molecule has 10 heteroatoms. The normalized spacial score (nSPS) is 20.6. The number of aromatic nitrogens is 4. The highest BCUT2D eigenvalue weighted by Crippen LogP contribution is 2.48. The number of rotatable bonds is 9.